The maximum absolute atomic E-state index is 4.58. The van der Waals surface area contributed by atoms with Crippen LogP contribution in [0, 0.1) is 6.92 Å². The van der Waals surface area contributed by atoms with Crippen LogP contribution < -0.4 is 10.2 Å². The average Bonchev–Trinajstić information content (AvgIpc) is 2.97. The Bertz CT molecular complexity index is 493. The van der Waals surface area contributed by atoms with Crippen molar-refractivity contribution in [1.82, 2.24) is 20.0 Å². The van der Waals surface area contributed by atoms with Crippen molar-refractivity contribution in [3.8, 4) is 0 Å². The Morgan fingerprint density at radius 3 is 2.81 bits per heavy atom. The highest BCUT2D eigenvalue weighted by molar-refractivity contribution is 5.48. The fourth-order valence-corrected chi connectivity index (χ4v) is 4.17. The van der Waals surface area contributed by atoms with Gasteiger partial charge in [-0.25, -0.2) is 0 Å². The van der Waals surface area contributed by atoms with Gasteiger partial charge >= 0.3 is 0 Å². The van der Waals surface area contributed by atoms with Crippen LogP contribution in [-0.4, -0.2) is 53.9 Å². The highest BCUT2D eigenvalue weighted by atomic mass is 15.4. The van der Waals surface area contributed by atoms with Crippen molar-refractivity contribution in [2.45, 2.75) is 51.2 Å². The molecule has 2 saturated heterocycles. The first-order valence-electron chi connectivity index (χ1n) is 8.25. The Labute approximate surface area is 128 Å². The molecule has 1 aromatic heterocycles. The molecule has 0 spiro atoms. The molecule has 2 fully saturated rings. The second-order valence-electron chi connectivity index (χ2n) is 6.78. The van der Waals surface area contributed by atoms with Gasteiger partial charge in [-0.15, -0.1) is 0 Å². The molecule has 0 aliphatic carbocycles. The molecular weight excluding hydrogens is 262 g/mol. The normalized spacial score (nSPS) is 26.1. The van der Waals surface area contributed by atoms with Gasteiger partial charge in [-0.2, -0.15) is 5.10 Å². The topological polar surface area (TPSA) is 36.3 Å². The zero-order chi connectivity index (χ0) is 15.0. The Hall–Kier alpha value is -1.07. The summed E-state index contributed by atoms with van der Waals surface area (Å²) in [5.41, 5.74) is 2.49. The third kappa shape index (κ3) is 2.81. The first-order valence-corrected chi connectivity index (χ1v) is 8.25. The molecule has 21 heavy (non-hydrogen) atoms. The number of hydrogen-bond acceptors (Lipinski definition) is 4. The van der Waals surface area contributed by atoms with Crippen LogP contribution in [0.25, 0.3) is 0 Å². The van der Waals surface area contributed by atoms with Crippen LogP contribution >= 0.6 is 0 Å². The Kier molecular flexibility index (Phi) is 4.22. The van der Waals surface area contributed by atoms with E-state index in [1.54, 1.807) is 0 Å². The third-order valence-corrected chi connectivity index (χ3v) is 5.13. The molecule has 3 heterocycles. The number of piperidine rings is 1. The van der Waals surface area contributed by atoms with E-state index in [1.807, 2.05) is 11.7 Å². The van der Waals surface area contributed by atoms with Crippen molar-refractivity contribution in [2.75, 3.05) is 32.1 Å². The summed E-state index contributed by atoms with van der Waals surface area (Å²) in [4.78, 5) is 4.85. The van der Waals surface area contributed by atoms with Gasteiger partial charge in [0.2, 0.25) is 0 Å². The molecule has 5 heteroatoms. The Balaban J connectivity index is 1.68. The minimum Gasteiger partial charge on any atom is -0.363 e. The zero-order valence-corrected chi connectivity index (χ0v) is 13.9. The molecule has 0 unspecified atom stereocenters. The van der Waals surface area contributed by atoms with Gasteiger partial charge in [0, 0.05) is 51.9 Å². The number of aryl methyl sites for hydroxylation is 2. The van der Waals surface area contributed by atoms with E-state index in [2.05, 4.69) is 41.2 Å². The molecule has 2 aliphatic rings. The Morgan fingerprint density at radius 2 is 2.05 bits per heavy atom. The largest absolute Gasteiger partial charge is 0.363 e. The van der Waals surface area contributed by atoms with Gasteiger partial charge in [-0.3, -0.25) is 9.58 Å². The van der Waals surface area contributed by atoms with E-state index >= 15 is 0 Å². The number of nitrogens with one attached hydrogen (secondary N) is 1. The van der Waals surface area contributed by atoms with Gasteiger partial charge in [-0.05, 0) is 32.7 Å². The summed E-state index contributed by atoms with van der Waals surface area (Å²) in [6.07, 6.45) is 5.44. The summed E-state index contributed by atoms with van der Waals surface area (Å²) in [7, 11) is 6.22. The first kappa shape index (κ1) is 14.9. The zero-order valence-electron chi connectivity index (χ0n) is 13.9. The second-order valence-corrected chi connectivity index (χ2v) is 6.78. The predicted octanol–water partition coefficient (Wildman–Crippen LogP) is 1.51. The van der Waals surface area contributed by atoms with Gasteiger partial charge in [-0.1, -0.05) is 6.42 Å². The molecular formula is C16H29N5. The van der Waals surface area contributed by atoms with Gasteiger partial charge < -0.3 is 10.2 Å². The number of rotatable bonds is 4. The second kappa shape index (κ2) is 5.97. The molecule has 0 radical (unpaired) electrons. The van der Waals surface area contributed by atoms with Crippen molar-refractivity contribution in [1.29, 1.82) is 0 Å². The van der Waals surface area contributed by atoms with Crippen LogP contribution in [0.5, 0.6) is 0 Å². The lowest BCUT2D eigenvalue weighted by atomic mass is 9.99. The van der Waals surface area contributed by atoms with Crippen LogP contribution in [0.15, 0.2) is 0 Å². The molecule has 0 aromatic carbocycles. The lowest BCUT2D eigenvalue weighted by Crippen LogP contribution is -2.44. The highest BCUT2D eigenvalue weighted by Gasteiger charge is 2.35. The fourth-order valence-electron chi connectivity index (χ4n) is 4.17. The van der Waals surface area contributed by atoms with Crippen LogP contribution in [0.4, 0.5) is 5.82 Å². The molecule has 3 rings (SSSR count). The Morgan fingerprint density at radius 1 is 1.24 bits per heavy atom. The monoisotopic (exact) mass is 291 g/mol. The number of anilines is 1. The molecule has 1 N–H and O–H groups in total. The van der Waals surface area contributed by atoms with Crippen molar-refractivity contribution in [3.05, 3.63) is 11.3 Å². The molecule has 2 atom stereocenters. The van der Waals surface area contributed by atoms with Gasteiger partial charge in [0.1, 0.15) is 5.82 Å². The molecule has 5 nitrogen and oxygen atoms in total. The van der Waals surface area contributed by atoms with Crippen molar-refractivity contribution >= 4 is 5.82 Å². The molecule has 118 valence electrons. The maximum Gasteiger partial charge on any atom is 0.130 e. The highest BCUT2D eigenvalue weighted by Crippen LogP contribution is 2.28. The van der Waals surface area contributed by atoms with E-state index < -0.39 is 0 Å². The summed E-state index contributed by atoms with van der Waals surface area (Å²) in [6.45, 7) is 5.63. The van der Waals surface area contributed by atoms with Gasteiger partial charge in [0.15, 0.2) is 0 Å². The number of fused-ring (bicyclic) bond motifs is 1. The summed E-state index contributed by atoms with van der Waals surface area (Å²) < 4.78 is 1.99. The van der Waals surface area contributed by atoms with Crippen molar-refractivity contribution < 1.29 is 0 Å². The van der Waals surface area contributed by atoms with E-state index in [4.69, 9.17) is 0 Å². The number of nitrogens with zero attached hydrogens (tertiary/aromatic N) is 4. The predicted molar refractivity (Wildman–Crippen MR) is 86.7 cm³/mol. The summed E-state index contributed by atoms with van der Waals surface area (Å²) in [5, 5.41) is 8.41. The first-order chi connectivity index (χ1) is 10.1. The SMILES string of the molecule is Cc1nn(C)c(N(C)C)c1CN[C@H]1CCN2CCCC[C@H]12. The summed E-state index contributed by atoms with van der Waals surface area (Å²) >= 11 is 0. The van der Waals surface area contributed by atoms with Crippen LogP contribution in [0.3, 0.4) is 0 Å². The minimum absolute atomic E-state index is 0.653. The number of aromatic nitrogens is 2. The summed E-state index contributed by atoms with van der Waals surface area (Å²) in [6, 6.07) is 1.42. The average molecular weight is 291 g/mol. The third-order valence-electron chi connectivity index (χ3n) is 5.13. The molecule has 0 bridgehead atoms. The maximum atomic E-state index is 4.58. The molecule has 0 amide bonds. The fraction of sp³-hybridized carbons (Fsp3) is 0.812. The van der Waals surface area contributed by atoms with Gasteiger partial charge in [0.05, 0.1) is 5.69 Å². The number of hydrogen-bond donors (Lipinski definition) is 1. The van der Waals surface area contributed by atoms with E-state index in [1.165, 1.54) is 50.2 Å². The molecule has 2 aliphatic heterocycles. The molecule has 1 aromatic rings. The van der Waals surface area contributed by atoms with Crippen LogP contribution in [0.1, 0.15) is 36.9 Å². The quantitative estimate of drug-likeness (QED) is 0.912. The van der Waals surface area contributed by atoms with Gasteiger partial charge in [0.25, 0.3) is 0 Å². The lowest BCUT2D eigenvalue weighted by Gasteiger charge is -2.32. The van der Waals surface area contributed by atoms with Crippen LogP contribution in [-0.2, 0) is 13.6 Å². The smallest absolute Gasteiger partial charge is 0.130 e. The van der Waals surface area contributed by atoms with Crippen molar-refractivity contribution in [2.24, 2.45) is 7.05 Å². The lowest BCUT2D eigenvalue weighted by molar-refractivity contribution is 0.180. The standard InChI is InChI=1S/C16H29N5/c1-12-13(16(19(2)3)20(4)18-12)11-17-14-8-10-21-9-6-5-7-15(14)21/h14-15,17H,5-11H2,1-4H3/t14-,15+/m0/s1. The van der Waals surface area contributed by atoms with Crippen molar-refractivity contribution in [3.63, 3.8) is 0 Å². The van der Waals surface area contributed by atoms with E-state index in [-0.39, 0.29) is 0 Å². The summed E-state index contributed by atoms with van der Waals surface area (Å²) in [5.74, 6) is 1.22. The van der Waals surface area contributed by atoms with E-state index in [0.29, 0.717) is 6.04 Å². The van der Waals surface area contributed by atoms with E-state index in [0.717, 1.165) is 18.3 Å². The molecule has 0 saturated carbocycles. The minimum atomic E-state index is 0.653. The van der Waals surface area contributed by atoms with Crippen LogP contribution in [0.2, 0.25) is 0 Å². The van der Waals surface area contributed by atoms with E-state index in [9.17, 15) is 0 Å².